The Morgan fingerprint density at radius 1 is 1.18 bits per heavy atom. The Kier molecular flexibility index (Phi) is 10.7. The van der Waals surface area contributed by atoms with E-state index in [1.807, 2.05) is 18.2 Å². The summed E-state index contributed by atoms with van der Waals surface area (Å²) in [7, 11) is -3.66. The predicted octanol–water partition coefficient (Wildman–Crippen LogP) is 3.43. The van der Waals surface area contributed by atoms with E-state index in [0.29, 0.717) is 6.54 Å². The SMILES string of the molecule is C=CCN(c1ncc(C(=O)N[C@@H](Cc2cc(F)cc(F)c2)[C@@H](O)CNCc2cccc(CC)c2)s1)S(C)(=O)=O. The molecule has 0 bridgehead atoms. The zero-order chi connectivity index (χ0) is 28.6. The molecule has 1 amide bonds. The first kappa shape index (κ1) is 30.4. The van der Waals surface area contributed by atoms with Crippen LogP contribution in [0.25, 0.3) is 0 Å². The van der Waals surface area contributed by atoms with Crippen LogP contribution in [0.4, 0.5) is 13.9 Å². The summed E-state index contributed by atoms with van der Waals surface area (Å²) >= 11 is 0.858. The average Bonchev–Trinajstić information content (AvgIpc) is 3.35. The monoisotopic (exact) mass is 578 g/mol. The van der Waals surface area contributed by atoms with Gasteiger partial charge in [-0.05, 0) is 41.7 Å². The van der Waals surface area contributed by atoms with Crippen molar-refractivity contribution < 1.29 is 27.1 Å². The van der Waals surface area contributed by atoms with Crippen molar-refractivity contribution in [2.45, 2.75) is 38.5 Å². The molecule has 0 saturated heterocycles. The Morgan fingerprint density at radius 2 is 1.87 bits per heavy atom. The van der Waals surface area contributed by atoms with Crippen LogP contribution in [-0.2, 0) is 29.4 Å². The third kappa shape index (κ3) is 8.92. The van der Waals surface area contributed by atoms with Gasteiger partial charge in [-0.15, -0.1) is 6.58 Å². The molecule has 0 aliphatic carbocycles. The molecule has 12 heteroatoms. The zero-order valence-electron chi connectivity index (χ0n) is 21.7. The molecule has 0 aliphatic heterocycles. The topological polar surface area (TPSA) is 112 Å². The maximum atomic E-state index is 13.8. The van der Waals surface area contributed by atoms with E-state index < -0.39 is 39.7 Å². The summed E-state index contributed by atoms with van der Waals surface area (Å²) in [5, 5.41) is 16.9. The molecule has 1 heterocycles. The van der Waals surface area contributed by atoms with Gasteiger partial charge in [0.15, 0.2) is 5.13 Å². The second-order valence-electron chi connectivity index (χ2n) is 9.02. The van der Waals surface area contributed by atoms with E-state index in [9.17, 15) is 27.1 Å². The van der Waals surface area contributed by atoms with Crippen molar-refractivity contribution >= 4 is 32.4 Å². The number of carbonyl (C=O) groups is 1. The van der Waals surface area contributed by atoms with E-state index in [1.54, 1.807) is 0 Å². The average molecular weight is 579 g/mol. The molecule has 3 N–H and O–H groups in total. The second kappa shape index (κ2) is 13.7. The number of aromatic nitrogens is 1. The Hall–Kier alpha value is -3.19. The van der Waals surface area contributed by atoms with Gasteiger partial charge in [-0.3, -0.25) is 4.79 Å². The molecular weight excluding hydrogens is 546 g/mol. The number of hydrogen-bond donors (Lipinski definition) is 3. The first-order chi connectivity index (χ1) is 18.5. The van der Waals surface area contributed by atoms with Gasteiger partial charge in [0.2, 0.25) is 10.0 Å². The van der Waals surface area contributed by atoms with Crippen molar-refractivity contribution in [1.82, 2.24) is 15.6 Å². The Bertz CT molecular complexity index is 1380. The summed E-state index contributed by atoms with van der Waals surface area (Å²) in [4.78, 5) is 17.3. The van der Waals surface area contributed by atoms with Gasteiger partial charge >= 0.3 is 0 Å². The number of thiazole rings is 1. The molecule has 2 aromatic carbocycles. The van der Waals surface area contributed by atoms with Gasteiger partial charge in [-0.2, -0.15) is 0 Å². The van der Waals surface area contributed by atoms with Crippen molar-refractivity contribution in [3.05, 3.63) is 94.5 Å². The molecule has 39 heavy (non-hydrogen) atoms. The van der Waals surface area contributed by atoms with Crippen LogP contribution >= 0.6 is 11.3 Å². The van der Waals surface area contributed by atoms with Crippen LogP contribution in [0.15, 0.2) is 61.3 Å². The fourth-order valence-corrected chi connectivity index (χ4v) is 5.89. The number of carbonyl (C=O) groups excluding carboxylic acids is 1. The number of sulfonamides is 1. The van der Waals surface area contributed by atoms with Gasteiger partial charge < -0.3 is 15.7 Å². The molecule has 0 aliphatic rings. The standard InChI is InChI=1S/C27H32F2N4O4S2/c1-4-9-33(39(3,36)37)27-31-17-25(38-27)26(35)32-23(13-20-11-21(28)14-22(29)12-20)24(34)16-30-15-19-8-6-7-18(5-2)10-19/h4,6-8,10-12,14,17,23-24,30,34H,1,5,9,13,15-16H2,2-3H3,(H,32,35)/t23-,24-/m0/s1. The highest BCUT2D eigenvalue weighted by Crippen LogP contribution is 2.25. The van der Waals surface area contributed by atoms with Gasteiger partial charge in [-0.25, -0.2) is 26.5 Å². The van der Waals surface area contributed by atoms with E-state index in [2.05, 4.69) is 35.2 Å². The summed E-state index contributed by atoms with van der Waals surface area (Å²) in [5.41, 5.74) is 2.47. The number of anilines is 1. The minimum absolute atomic E-state index is 0.0211. The lowest BCUT2D eigenvalue weighted by atomic mass is 10.0. The van der Waals surface area contributed by atoms with E-state index in [0.717, 1.165) is 52.1 Å². The number of rotatable bonds is 14. The number of nitrogens with one attached hydrogen (secondary N) is 2. The van der Waals surface area contributed by atoms with Gasteiger partial charge in [0.25, 0.3) is 5.91 Å². The molecule has 2 atom stereocenters. The van der Waals surface area contributed by atoms with Crippen LogP contribution in [0.5, 0.6) is 0 Å². The Morgan fingerprint density at radius 3 is 2.51 bits per heavy atom. The van der Waals surface area contributed by atoms with E-state index in [4.69, 9.17) is 0 Å². The van der Waals surface area contributed by atoms with Crippen molar-refractivity contribution in [3.63, 3.8) is 0 Å². The number of aliphatic hydroxyl groups excluding tert-OH is 1. The smallest absolute Gasteiger partial charge is 0.263 e. The fraction of sp³-hybridized carbons (Fsp3) is 0.333. The highest BCUT2D eigenvalue weighted by Gasteiger charge is 2.26. The van der Waals surface area contributed by atoms with Crippen molar-refractivity contribution in [3.8, 4) is 0 Å². The molecule has 0 fully saturated rings. The van der Waals surface area contributed by atoms with Crippen LogP contribution in [0.1, 0.15) is 33.3 Å². The summed E-state index contributed by atoms with van der Waals surface area (Å²) in [5.74, 6) is -2.15. The van der Waals surface area contributed by atoms with Crippen LogP contribution < -0.4 is 14.9 Å². The molecule has 8 nitrogen and oxygen atoms in total. The molecule has 0 radical (unpaired) electrons. The molecular formula is C27H32F2N4O4S2. The maximum absolute atomic E-state index is 13.8. The summed E-state index contributed by atoms with van der Waals surface area (Å²) in [6, 6.07) is 10.1. The molecule has 1 aromatic heterocycles. The normalized spacial score (nSPS) is 13.1. The Labute approximate surface area is 231 Å². The third-order valence-corrected chi connectivity index (χ3v) is 8.12. The number of aliphatic hydroxyl groups is 1. The van der Waals surface area contributed by atoms with Crippen molar-refractivity contribution in [2.24, 2.45) is 0 Å². The maximum Gasteiger partial charge on any atom is 0.263 e. The van der Waals surface area contributed by atoms with E-state index >= 15 is 0 Å². The lowest BCUT2D eigenvalue weighted by Crippen LogP contribution is -2.48. The van der Waals surface area contributed by atoms with Crippen molar-refractivity contribution in [1.29, 1.82) is 0 Å². The van der Waals surface area contributed by atoms with Gasteiger partial charge in [0.1, 0.15) is 16.5 Å². The third-order valence-electron chi connectivity index (χ3n) is 5.87. The number of aryl methyl sites for hydroxylation is 1. The van der Waals surface area contributed by atoms with Crippen LogP contribution in [0.2, 0.25) is 0 Å². The lowest BCUT2D eigenvalue weighted by molar-refractivity contribution is 0.0833. The molecule has 210 valence electrons. The summed E-state index contributed by atoms with van der Waals surface area (Å²) < 4.78 is 52.9. The number of hydrogen-bond acceptors (Lipinski definition) is 7. The first-order valence-electron chi connectivity index (χ1n) is 12.3. The second-order valence-corrected chi connectivity index (χ2v) is 11.9. The molecule has 0 saturated carbocycles. The summed E-state index contributed by atoms with van der Waals surface area (Å²) in [6.07, 6.45) is 3.39. The number of nitrogens with zero attached hydrogens (tertiary/aromatic N) is 2. The van der Waals surface area contributed by atoms with Gasteiger partial charge in [-0.1, -0.05) is 48.6 Å². The quantitative estimate of drug-likeness (QED) is 0.253. The molecule has 3 aromatic rings. The highest BCUT2D eigenvalue weighted by atomic mass is 32.2. The number of halogens is 2. The van der Waals surface area contributed by atoms with Gasteiger partial charge in [0.05, 0.1) is 31.1 Å². The number of amides is 1. The van der Waals surface area contributed by atoms with Crippen LogP contribution in [0.3, 0.4) is 0 Å². The minimum atomic E-state index is -3.66. The van der Waals surface area contributed by atoms with E-state index in [-0.39, 0.29) is 35.1 Å². The summed E-state index contributed by atoms with van der Waals surface area (Å²) in [6.45, 7) is 6.15. The predicted molar refractivity (Wildman–Crippen MR) is 149 cm³/mol. The molecule has 3 rings (SSSR count). The van der Waals surface area contributed by atoms with Gasteiger partial charge in [0, 0.05) is 19.2 Å². The number of benzene rings is 2. The fourth-order valence-electron chi connectivity index (χ4n) is 3.93. The largest absolute Gasteiger partial charge is 0.390 e. The highest BCUT2D eigenvalue weighted by molar-refractivity contribution is 7.92. The van der Waals surface area contributed by atoms with Crippen LogP contribution in [0, 0.1) is 11.6 Å². The zero-order valence-corrected chi connectivity index (χ0v) is 23.4. The molecule has 0 spiro atoms. The van der Waals surface area contributed by atoms with E-state index in [1.165, 1.54) is 17.8 Å². The van der Waals surface area contributed by atoms with Crippen molar-refractivity contribution in [2.75, 3.05) is 23.7 Å². The first-order valence-corrected chi connectivity index (χ1v) is 14.9. The van der Waals surface area contributed by atoms with Crippen LogP contribution in [-0.4, -0.2) is 55.9 Å². The lowest BCUT2D eigenvalue weighted by Gasteiger charge is -2.25. The minimum Gasteiger partial charge on any atom is -0.390 e. The Balaban J connectivity index is 1.76. The molecule has 0 unspecified atom stereocenters.